The SMILES string of the molecule is Cc1cc(C(=O)NC(CBr)Cc2ccccc2)ccc1F. The second kappa shape index (κ2) is 7.36. The van der Waals surface area contributed by atoms with Gasteiger partial charge >= 0.3 is 0 Å². The Bertz CT molecular complexity index is 615. The fourth-order valence-corrected chi connectivity index (χ4v) is 2.49. The summed E-state index contributed by atoms with van der Waals surface area (Å²) >= 11 is 3.43. The summed E-state index contributed by atoms with van der Waals surface area (Å²) in [6.07, 6.45) is 0.748. The van der Waals surface area contributed by atoms with Crippen LogP contribution >= 0.6 is 15.9 Å². The highest BCUT2D eigenvalue weighted by atomic mass is 79.9. The van der Waals surface area contributed by atoms with E-state index in [4.69, 9.17) is 0 Å². The molecule has 0 aliphatic heterocycles. The van der Waals surface area contributed by atoms with Gasteiger partial charge in [0.05, 0.1) is 0 Å². The van der Waals surface area contributed by atoms with E-state index in [1.54, 1.807) is 13.0 Å². The van der Waals surface area contributed by atoms with E-state index < -0.39 is 0 Å². The average molecular weight is 350 g/mol. The van der Waals surface area contributed by atoms with Crippen LogP contribution in [-0.2, 0) is 6.42 Å². The van der Waals surface area contributed by atoms with Gasteiger partial charge in [-0.05, 0) is 42.7 Å². The van der Waals surface area contributed by atoms with Gasteiger partial charge in [0, 0.05) is 16.9 Å². The zero-order valence-corrected chi connectivity index (χ0v) is 13.4. The van der Waals surface area contributed by atoms with Crippen molar-refractivity contribution in [3.8, 4) is 0 Å². The molecule has 2 rings (SSSR count). The Kier molecular flexibility index (Phi) is 5.51. The molecule has 2 aromatic rings. The lowest BCUT2D eigenvalue weighted by Crippen LogP contribution is -2.37. The highest BCUT2D eigenvalue weighted by molar-refractivity contribution is 9.09. The molecule has 0 aliphatic rings. The van der Waals surface area contributed by atoms with Crippen molar-refractivity contribution in [1.29, 1.82) is 0 Å². The van der Waals surface area contributed by atoms with Gasteiger partial charge in [0.15, 0.2) is 0 Å². The average Bonchev–Trinajstić information content (AvgIpc) is 2.50. The molecular formula is C17H17BrFNO. The molecule has 0 aromatic heterocycles. The van der Waals surface area contributed by atoms with Gasteiger partial charge in [-0.15, -0.1) is 0 Å². The van der Waals surface area contributed by atoms with Gasteiger partial charge in [-0.2, -0.15) is 0 Å². The summed E-state index contributed by atoms with van der Waals surface area (Å²) in [6.45, 7) is 1.65. The van der Waals surface area contributed by atoms with Crippen LogP contribution < -0.4 is 5.32 Å². The molecule has 2 nitrogen and oxygen atoms in total. The number of alkyl halides is 1. The van der Waals surface area contributed by atoms with E-state index in [0.717, 1.165) is 12.0 Å². The van der Waals surface area contributed by atoms with Crippen molar-refractivity contribution in [1.82, 2.24) is 5.32 Å². The molecule has 1 N–H and O–H groups in total. The lowest BCUT2D eigenvalue weighted by molar-refractivity contribution is 0.0941. The van der Waals surface area contributed by atoms with E-state index in [1.165, 1.54) is 12.1 Å². The minimum Gasteiger partial charge on any atom is -0.348 e. The number of aryl methyl sites for hydroxylation is 1. The van der Waals surface area contributed by atoms with Gasteiger partial charge in [-0.25, -0.2) is 4.39 Å². The quantitative estimate of drug-likeness (QED) is 0.815. The number of benzene rings is 2. The molecule has 0 bridgehead atoms. The number of amides is 1. The van der Waals surface area contributed by atoms with E-state index in [-0.39, 0.29) is 17.8 Å². The third-order valence-corrected chi connectivity index (χ3v) is 4.05. The Morgan fingerprint density at radius 1 is 1.24 bits per heavy atom. The first-order chi connectivity index (χ1) is 10.1. The summed E-state index contributed by atoms with van der Waals surface area (Å²) in [5, 5.41) is 3.63. The molecule has 4 heteroatoms. The third-order valence-electron chi connectivity index (χ3n) is 3.27. The first-order valence-corrected chi connectivity index (χ1v) is 7.89. The van der Waals surface area contributed by atoms with Gasteiger partial charge in [-0.3, -0.25) is 4.79 Å². The van der Waals surface area contributed by atoms with Crippen LogP contribution in [0.25, 0.3) is 0 Å². The summed E-state index contributed by atoms with van der Waals surface area (Å²) in [7, 11) is 0. The molecule has 1 atom stereocenters. The van der Waals surface area contributed by atoms with Crippen molar-refractivity contribution in [3.05, 3.63) is 71.0 Å². The van der Waals surface area contributed by atoms with Crippen LogP contribution in [0.1, 0.15) is 21.5 Å². The van der Waals surface area contributed by atoms with E-state index in [0.29, 0.717) is 16.5 Å². The van der Waals surface area contributed by atoms with Gasteiger partial charge in [0.25, 0.3) is 5.91 Å². The standard InChI is InChI=1S/C17H17BrFNO/c1-12-9-14(7-8-16(12)19)17(21)20-15(11-18)10-13-5-3-2-4-6-13/h2-9,15H,10-11H2,1H3,(H,20,21). The maximum absolute atomic E-state index is 13.2. The number of hydrogen-bond acceptors (Lipinski definition) is 1. The van der Waals surface area contributed by atoms with Gasteiger partial charge < -0.3 is 5.32 Å². The maximum Gasteiger partial charge on any atom is 0.251 e. The normalized spacial score (nSPS) is 12.0. The highest BCUT2D eigenvalue weighted by Gasteiger charge is 2.14. The van der Waals surface area contributed by atoms with Crippen molar-refractivity contribution in [2.24, 2.45) is 0 Å². The lowest BCUT2D eigenvalue weighted by atomic mass is 10.1. The van der Waals surface area contributed by atoms with Crippen molar-refractivity contribution >= 4 is 21.8 Å². The zero-order valence-electron chi connectivity index (χ0n) is 11.8. The summed E-state index contributed by atoms with van der Waals surface area (Å²) in [5.41, 5.74) is 2.12. The molecule has 0 spiro atoms. The summed E-state index contributed by atoms with van der Waals surface area (Å²) in [4.78, 5) is 12.2. The predicted molar refractivity (Wildman–Crippen MR) is 86.3 cm³/mol. The predicted octanol–water partition coefficient (Wildman–Crippen LogP) is 3.87. The van der Waals surface area contributed by atoms with E-state index in [1.807, 2.05) is 30.3 Å². The van der Waals surface area contributed by atoms with Gasteiger partial charge in [0.2, 0.25) is 0 Å². The Morgan fingerprint density at radius 2 is 1.95 bits per heavy atom. The summed E-state index contributed by atoms with van der Waals surface area (Å²) in [5.74, 6) is -0.480. The number of nitrogens with one attached hydrogen (secondary N) is 1. The fourth-order valence-electron chi connectivity index (χ4n) is 2.10. The maximum atomic E-state index is 13.2. The first-order valence-electron chi connectivity index (χ1n) is 6.77. The lowest BCUT2D eigenvalue weighted by Gasteiger charge is -2.16. The number of rotatable bonds is 5. The molecule has 0 fully saturated rings. The largest absolute Gasteiger partial charge is 0.348 e. The zero-order chi connectivity index (χ0) is 15.2. The molecule has 0 radical (unpaired) electrons. The third kappa shape index (κ3) is 4.39. The van der Waals surface area contributed by atoms with Gasteiger partial charge in [0.1, 0.15) is 5.82 Å². The molecule has 110 valence electrons. The molecule has 1 amide bonds. The number of halogens is 2. The highest BCUT2D eigenvalue weighted by Crippen LogP contribution is 2.11. The molecule has 0 saturated carbocycles. The smallest absolute Gasteiger partial charge is 0.251 e. The Hall–Kier alpha value is -1.68. The van der Waals surface area contributed by atoms with Crippen molar-refractivity contribution in [3.63, 3.8) is 0 Å². The van der Waals surface area contributed by atoms with Crippen LogP contribution in [0.2, 0.25) is 0 Å². The first kappa shape index (κ1) is 15.7. The van der Waals surface area contributed by atoms with Gasteiger partial charge in [-0.1, -0.05) is 46.3 Å². The number of carbonyl (C=O) groups is 1. The summed E-state index contributed by atoms with van der Waals surface area (Å²) in [6, 6.07) is 14.4. The van der Waals surface area contributed by atoms with E-state index in [9.17, 15) is 9.18 Å². The molecule has 0 saturated heterocycles. The van der Waals surface area contributed by atoms with Crippen LogP contribution in [0, 0.1) is 12.7 Å². The molecule has 0 aliphatic carbocycles. The Balaban J connectivity index is 2.04. The fraction of sp³-hybridized carbons (Fsp3) is 0.235. The molecular weight excluding hydrogens is 333 g/mol. The van der Waals surface area contributed by atoms with Crippen molar-refractivity contribution in [2.45, 2.75) is 19.4 Å². The van der Waals surface area contributed by atoms with Crippen LogP contribution in [0.15, 0.2) is 48.5 Å². The van der Waals surface area contributed by atoms with Crippen LogP contribution in [-0.4, -0.2) is 17.3 Å². The van der Waals surface area contributed by atoms with Crippen molar-refractivity contribution < 1.29 is 9.18 Å². The topological polar surface area (TPSA) is 29.1 Å². The second-order valence-corrected chi connectivity index (χ2v) is 5.63. The monoisotopic (exact) mass is 349 g/mol. The van der Waals surface area contributed by atoms with E-state index in [2.05, 4.69) is 21.2 Å². The minimum atomic E-state index is -0.298. The molecule has 1 unspecified atom stereocenters. The van der Waals surface area contributed by atoms with Crippen LogP contribution in [0.5, 0.6) is 0 Å². The Labute approximate surface area is 132 Å². The van der Waals surface area contributed by atoms with Crippen LogP contribution in [0.3, 0.4) is 0 Å². The van der Waals surface area contributed by atoms with Crippen molar-refractivity contribution in [2.75, 3.05) is 5.33 Å². The molecule has 2 aromatic carbocycles. The Morgan fingerprint density at radius 3 is 2.57 bits per heavy atom. The molecule has 21 heavy (non-hydrogen) atoms. The van der Waals surface area contributed by atoms with Crippen LogP contribution in [0.4, 0.5) is 4.39 Å². The minimum absolute atomic E-state index is 0.00902. The van der Waals surface area contributed by atoms with E-state index >= 15 is 0 Å². The number of carbonyl (C=O) groups excluding carboxylic acids is 1. The summed E-state index contributed by atoms with van der Waals surface area (Å²) < 4.78 is 13.2. The second-order valence-electron chi connectivity index (χ2n) is 4.98. The molecule has 0 heterocycles. The number of hydrogen-bond donors (Lipinski definition) is 1.